The summed E-state index contributed by atoms with van der Waals surface area (Å²) >= 11 is 0. The van der Waals surface area contributed by atoms with E-state index in [1.54, 1.807) is 42.5 Å². The zero-order valence-electron chi connectivity index (χ0n) is 22.1. The van der Waals surface area contributed by atoms with E-state index in [1.165, 1.54) is 25.3 Å². The minimum Gasteiger partial charge on any atom is -0.475 e. The SMILES string of the molecule is CCCc1cc(C(=O)OC)ccc1OC(C(=O)NS(=O)(=O)c1ccc(N(C)C)cc1)c1ccc2c(c1)OCO2. The van der Waals surface area contributed by atoms with Gasteiger partial charge in [-0.05, 0) is 66.6 Å². The normalized spacial score (nSPS) is 12.9. The Morgan fingerprint density at radius 2 is 1.72 bits per heavy atom. The second kappa shape index (κ2) is 11.6. The molecule has 0 radical (unpaired) electrons. The molecule has 39 heavy (non-hydrogen) atoms. The molecule has 1 unspecified atom stereocenters. The van der Waals surface area contributed by atoms with Crippen molar-refractivity contribution in [1.29, 1.82) is 0 Å². The van der Waals surface area contributed by atoms with Crippen LogP contribution in [0.15, 0.2) is 65.6 Å². The van der Waals surface area contributed by atoms with Crippen molar-refractivity contribution >= 4 is 27.6 Å². The van der Waals surface area contributed by atoms with Crippen LogP contribution in [0.3, 0.4) is 0 Å². The van der Waals surface area contributed by atoms with Gasteiger partial charge in [-0.2, -0.15) is 0 Å². The van der Waals surface area contributed by atoms with Gasteiger partial charge in [-0.25, -0.2) is 17.9 Å². The number of sulfonamides is 1. The van der Waals surface area contributed by atoms with E-state index in [-0.39, 0.29) is 11.7 Å². The number of nitrogens with zero attached hydrogens (tertiary/aromatic N) is 1. The number of fused-ring (bicyclic) bond motifs is 1. The molecule has 1 aliphatic rings. The van der Waals surface area contributed by atoms with E-state index in [9.17, 15) is 18.0 Å². The lowest BCUT2D eigenvalue weighted by molar-refractivity contribution is -0.126. The van der Waals surface area contributed by atoms with Gasteiger partial charge in [0.25, 0.3) is 15.9 Å². The van der Waals surface area contributed by atoms with Crippen molar-refractivity contribution in [3.63, 3.8) is 0 Å². The molecule has 0 saturated heterocycles. The summed E-state index contributed by atoms with van der Waals surface area (Å²) in [5.74, 6) is -0.165. The highest BCUT2D eigenvalue weighted by atomic mass is 32.2. The first-order chi connectivity index (χ1) is 18.6. The molecule has 0 aromatic heterocycles. The topological polar surface area (TPSA) is 120 Å². The standard InChI is InChI=1S/C28H30N2O8S/c1-5-6-18-15-20(28(32)35-4)8-13-23(18)38-26(19-7-14-24-25(16-19)37-17-36-24)27(31)29-39(33,34)22-11-9-21(10-12-22)30(2)3/h7-16,26H,5-6,17H2,1-4H3,(H,29,31). The average molecular weight is 555 g/mol. The maximum absolute atomic E-state index is 13.5. The number of anilines is 1. The van der Waals surface area contributed by atoms with Crippen LogP contribution in [0, 0.1) is 0 Å². The molecule has 3 aromatic carbocycles. The summed E-state index contributed by atoms with van der Waals surface area (Å²) in [6.07, 6.45) is -0.0827. The number of nitrogens with one attached hydrogen (secondary N) is 1. The Morgan fingerprint density at radius 3 is 2.38 bits per heavy atom. The highest BCUT2D eigenvalue weighted by Crippen LogP contribution is 2.36. The van der Waals surface area contributed by atoms with E-state index in [1.807, 2.05) is 25.9 Å². The second-order valence-electron chi connectivity index (χ2n) is 9.03. The Bertz CT molecular complexity index is 1470. The fraction of sp³-hybridized carbons (Fsp3) is 0.286. The van der Waals surface area contributed by atoms with Crippen LogP contribution in [0.4, 0.5) is 5.69 Å². The summed E-state index contributed by atoms with van der Waals surface area (Å²) in [5, 5.41) is 0. The number of carbonyl (C=O) groups is 2. The second-order valence-corrected chi connectivity index (χ2v) is 10.7. The molecule has 4 rings (SSSR count). The molecule has 0 fully saturated rings. The first-order valence-corrected chi connectivity index (χ1v) is 13.7. The molecule has 1 N–H and O–H groups in total. The molecule has 0 saturated carbocycles. The monoisotopic (exact) mass is 554 g/mol. The number of ether oxygens (including phenoxy) is 4. The molecule has 10 nitrogen and oxygen atoms in total. The number of methoxy groups -OCH3 is 1. The molecule has 0 aliphatic carbocycles. The Balaban J connectivity index is 1.69. The molecule has 11 heteroatoms. The van der Waals surface area contributed by atoms with Gasteiger partial charge in [-0.1, -0.05) is 19.4 Å². The molecule has 1 aliphatic heterocycles. The zero-order chi connectivity index (χ0) is 28.2. The van der Waals surface area contributed by atoms with E-state index < -0.39 is 28.0 Å². The van der Waals surface area contributed by atoms with Gasteiger partial charge < -0.3 is 23.8 Å². The fourth-order valence-electron chi connectivity index (χ4n) is 4.05. The van der Waals surface area contributed by atoms with Crippen LogP contribution in [-0.2, 0) is 26.0 Å². The first kappa shape index (κ1) is 27.8. The van der Waals surface area contributed by atoms with Crippen molar-refractivity contribution in [3.05, 3.63) is 77.4 Å². The molecule has 1 atom stereocenters. The lowest BCUT2D eigenvalue weighted by Gasteiger charge is -2.22. The molecule has 0 spiro atoms. The number of aryl methyl sites for hydroxylation is 1. The van der Waals surface area contributed by atoms with Gasteiger partial charge in [-0.15, -0.1) is 0 Å². The van der Waals surface area contributed by atoms with Gasteiger partial charge in [0.05, 0.1) is 17.6 Å². The van der Waals surface area contributed by atoms with E-state index in [0.717, 1.165) is 12.1 Å². The van der Waals surface area contributed by atoms with Gasteiger partial charge in [0.15, 0.2) is 11.5 Å². The number of esters is 1. The van der Waals surface area contributed by atoms with Crippen molar-refractivity contribution in [2.24, 2.45) is 0 Å². The maximum atomic E-state index is 13.5. The van der Waals surface area contributed by atoms with E-state index in [4.69, 9.17) is 18.9 Å². The van der Waals surface area contributed by atoms with Gasteiger partial charge in [0.1, 0.15) is 5.75 Å². The van der Waals surface area contributed by atoms with Crippen LogP contribution in [0.2, 0.25) is 0 Å². The highest BCUT2D eigenvalue weighted by Gasteiger charge is 2.30. The summed E-state index contributed by atoms with van der Waals surface area (Å²) in [7, 11) is 0.750. The number of amides is 1. The number of benzene rings is 3. The number of rotatable bonds is 10. The third-order valence-corrected chi connectivity index (χ3v) is 7.44. The van der Waals surface area contributed by atoms with Crippen molar-refractivity contribution in [2.75, 3.05) is 32.9 Å². The van der Waals surface area contributed by atoms with Crippen LogP contribution < -0.4 is 23.8 Å². The minimum absolute atomic E-state index is 0.0312. The van der Waals surface area contributed by atoms with Crippen molar-refractivity contribution < 1.29 is 37.0 Å². The fourth-order valence-corrected chi connectivity index (χ4v) is 5.03. The molecular weight excluding hydrogens is 524 g/mol. The Kier molecular flexibility index (Phi) is 8.29. The Labute approximate surface area is 227 Å². The van der Waals surface area contributed by atoms with Crippen molar-refractivity contribution in [2.45, 2.75) is 30.8 Å². The zero-order valence-corrected chi connectivity index (χ0v) is 22.9. The minimum atomic E-state index is -4.22. The lowest BCUT2D eigenvalue weighted by Crippen LogP contribution is -2.37. The Morgan fingerprint density at radius 1 is 1.00 bits per heavy atom. The number of carbonyl (C=O) groups excluding carboxylic acids is 2. The van der Waals surface area contributed by atoms with Gasteiger partial charge in [0.2, 0.25) is 12.9 Å². The highest BCUT2D eigenvalue weighted by molar-refractivity contribution is 7.90. The van der Waals surface area contributed by atoms with Crippen molar-refractivity contribution in [1.82, 2.24) is 4.72 Å². The smallest absolute Gasteiger partial charge is 0.337 e. The maximum Gasteiger partial charge on any atom is 0.337 e. The summed E-state index contributed by atoms with van der Waals surface area (Å²) < 4.78 is 50.2. The lowest BCUT2D eigenvalue weighted by atomic mass is 10.0. The Hall–Kier alpha value is -4.25. The predicted octanol–water partition coefficient (Wildman–Crippen LogP) is 3.85. The van der Waals surface area contributed by atoms with Crippen LogP contribution >= 0.6 is 0 Å². The number of hydrogen-bond donors (Lipinski definition) is 1. The van der Waals surface area contributed by atoms with E-state index >= 15 is 0 Å². The largest absolute Gasteiger partial charge is 0.475 e. The summed E-state index contributed by atoms with van der Waals surface area (Å²) in [5.41, 5.74) is 2.16. The van der Waals surface area contributed by atoms with E-state index in [0.29, 0.717) is 40.4 Å². The first-order valence-electron chi connectivity index (χ1n) is 12.2. The quantitative estimate of drug-likeness (QED) is 0.373. The predicted molar refractivity (Wildman–Crippen MR) is 144 cm³/mol. The van der Waals surface area contributed by atoms with Crippen LogP contribution in [0.1, 0.15) is 40.9 Å². The van der Waals surface area contributed by atoms with Gasteiger partial charge in [0, 0.05) is 25.3 Å². The molecule has 1 amide bonds. The third kappa shape index (κ3) is 6.26. The van der Waals surface area contributed by atoms with Crippen LogP contribution in [-0.4, -0.2) is 48.3 Å². The summed E-state index contributed by atoms with van der Waals surface area (Å²) in [6.45, 7) is 1.99. The average Bonchev–Trinajstić information content (AvgIpc) is 3.39. The van der Waals surface area contributed by atoms with E-state index in [2.05, 4.69) is 4.72 Å². The third-order valence-electron chi connectivity index (χ3n) is 6.08. The van der Waals surface area contributed by atoms with Crippen LogP contribution in [0.5, 0.6) is 17.2 Å². The summed E-state index contributed by atoms with van der Waals surface area (Å²) in [6, 6.07) is 15.7. The van der Waals surface area contributed by atoms with Gasteiger partial charge in [-0.3, -0.25) is 4.79 Å². The molecular formula is C28H30N2O8S. The van der Waals surface area contributed by atoms with Crippen LogP contribution in [0.25, 0.3) is 0 Å². The molecule has 206 valence electrons. The van der Waals surface area contributed by atoms with Crippen molar-refractivity contribution in [3.8, 4) is 17.2 Å². The number of hydrogen-bond acceptors (Lipinski definition) is 9. The molecule has 0 bridgehead atoms. The summed E-state index contributed by atoms with van der Waals surface area (Å²) in [4.78, 5) is 27.4. The molecule has 1 heterocycles. The molecule has 3 aromatic rings. The van der Waals surface area contributed by atoms with Gasteiger partial charge >= 0.3 is 5.97 Å².